The van der Waals surface area contributed by atoms with Crippen molar-refractivity contribution in [1.29, 1.82) is 0 Å². The fourth-order valence-corrected chi connectivity index (χ4v) is 7.20. The molecule has 0 amide bonds. The first-order valence-electron chi connectivity index (χ1n) is 9.80. The van der Waals surface area contributed by atoms with Gasteiger partial charge < -0.3 is 10.2 Å². The lowest BCUT2D eigenvalue weighted by atomic mass is 9.45. The zero-order valence-corrected chi connectivity index (χ0v) is 15.5. The lowest BCUT2D eigenvalue weighted by Crippen LogP contribution is -2.59. The Hall–Kier alpha value is -1.00. The fraction of sp³-hybridized carbons (Fsp3) is 0.810. The van der Waals surface area contributed by atoms with Crippen molar-refractivity contribution in [2.45, 2.75) is 77.4 Å². The highest BCUT2D eigenvalue weighted by molar-refractivity contribution is 5.92. The first kappa shape index (κ1) is 17.4. The van der Waals surface area contributed by atoms with Gasteiger partial charge in [-0.25, -0.2) is 0 Å². The van der Waals surface area contributed by atoms with Crippen LogP contribution >= 0.6 is 0 Å². The van der Waals surface area contributed by atoms with E-state index in [0.29, 0.717) is 24.2 Å². The summed E-state index contributed by atoms with van der Waals surface area (Å²) in [6.07, 6.45) is 6.44. The third-order valence-electron chi connectivity index (χ3n) is 8.80. The Labute approximate surface area is 149 Å². The molecule has 0 heterocycles. The molecule has 4 aliphatic rings. The van der Waals surface area contributed by atoms with Gasteiger partial charge in [0.2, 0.25) is 0 Å². The normalized spacial score (nSPS) is 52.0. The van der Waals surface area contributed by atoms with Crippen LogP contribution in [0.2, 0.25) is 0 Å². The largest absolute Gasteiger partial charge is 0.392 e. The van der Waals surface area contributed by atoms with Crippen LogP contribution in [0.4, 0.5) is 0 Å². The van der Waals surface area contributed by atoms with Crippen molar-refractivity contribution in [2.75, 3.05) is 0 Å². The number of rotatable bonds is 1. The van der Waals surface area contributed by atoms with Gasteiger partial charge in [-0.05, 0) is 69.3 Å². The summed E-state index contributed by atoms with van der Waals surface area (Å²) in [5, 5.41) is 21.9. The van der Waals surface area contributed by atoms with Crippen LogP contribution < -0.4 is 0 Å². The van der Waals surface area contributed by atoms with E-state index >= 15 is 0 Å². The Morgan fingerprint density at radius 2 is 1.84 bits per heavy atom. The summed E-state index contributed by atoms with van der Waals surface area (Å²) < 4.78 is 0. The summed E-state index contributed by atoms with van der Waals surface area (Å²) >= 11 is 0. The van der Waals surface area contributed by atoms with Crippen LogP contribution in [0.1, 0.15) is 65.7 Å². The summed E-state index contributed by atoms with van der Waals surface area (Å²) in [7, 11) is 0. The third-order valence-corrected chi connectivity index (χ3v) is 8.80. The number of ketones is 2. The van der Waals surface area contributed by atoms with E-state index in [9.17, 15) is 19.8 Å². The highest BCUT2D eigenvalue weighted by Gasteiger charge is 2.66. The summed E-state index contributed by atoms with van der Waals surface area (Å²) in [5.41, 5.74) is -0.746. The number of fused-ring (bicyclic) bond motifs is 5. The van der Waals surface area contributed by atoms with Crippen molar-refractivity contribution in [1.82, 2.24) is 0 Å². The molecule has 0 radical (unpaired) electrons. The van der Waals surface area contributed by atoms with E-state index in [0.717, 1.165) is 37.7 Å². The van der Waals surface area contributed by atoms with Crippen LogP contribution in [0, 0.1) is 28.6 Å². The molecule has 0 spiro atoms. The first-order chi connectivity index (χ1) is 11.6. The molecule has 0 aromatic rings. The summed E-state index contributed by atoms with van der Waals surface area (Å²) in [5.74, 6) is 1.02. The minimum atomic E-state index is -1.19. The predicted molar refractivity (Wildman–Crippen MR) is 93.7 cm³/mol. The van der Waals surface area contributed by atoms with E-state index in [4.69, 9.17) is 0 Å². The number of carbonyl (C=O) groups is 2. The summed E-state index contributed by atoms with van der Waals surface area (Å²) in [6.45, 7) is 5.78. The van der Waals surface area contributed by atoms with E-state index in [1.807, 2.05) is 0 Å². The molecule has 0 aromatic carbocycles. The Bertz CT molecular complexity index is 667. The third kappa shape index (κ3) is 2.01. The maximum atomic E-state index is 12.2. The minimum absolute atomic E-state index is 0.0471. The summed E-state index contributed by atoms with van der Waals surface area (Å²) in [4.78, 5) is 24.1. The van der Waals surface area contributed by atoms with Crippen molar-refractivity contribution in [3.05, 3.63) is 11.6 Å². The fourth-order valence-electron chi connectivity index (χ4n) is 7.20. The lowest BCUT2D eigenvalue weighted by Gasteiger charge is -2.59. The van der Waals surface area contributed by atoms with Gasteiger partial charge in [0.1, 0.15) is 5.60 Å². The van der Waals surface area contributed by atoms with E-state index < -0.39 is 11.7 Å². The highest BCUT2D eigenvalue weighted by Crippen LogP contribution is 2.67. The van der Waals surface area contributed by atoms with Crippen LogP contribution in [-0.4, -0.2) is 33.5 Å². The van der Waals surface area contributed by atoms with E-state index in [-0.39, 0.29) is 28.8 Å². The molecule has 7 atom stereocenters. The number of Topliss-reactive ketones (excluding diaryl/α,β-unsaturated/α-hetero) is 1. The van der Waals surface area contributed by atoms with Crippen LogP contribution in [-0.2, 0) is 9.59 Å². The van der Waals surface area contributed by atoms with Crippen molar-refractivity contribution < 1.29 is 19.8 Å². The molecule has 25 heavy (non-hydrogen) atoms. The van der Waals surface area contributed by atoms with Crippen molar-refractivity contribution in [3.63, 3.8) is 0 Å². The van der Waals surface area contributed by atoms with Gasteiger partial charge in [-0.1, -0.05) is 19.4 Å². The molecule has 4 rings (SSSR count). The maximum absolute atomic E-state index is 12.2. The van der Waals surface area contributed by atoms with Gasteiger partial charge >= 0.3 is 0 Å². The molecule has 0 aliphatic heterocycles. The molecule has 2 N–H and O–H groups in total. The van der Waals surface area contributed by atoms with Gasteiger partial charge in [0.05, 0.1) is 6.10 Å². The van der Waals surface area contributed by atoms with Crippen molar-refractivity contribution >= 4 is 11.6 Å². The van der Waals surface area contributed by atoms with Crippen LogP contribution in [0.5, 0.6) is 0 Å². The molecule has 0 bridgehead atoms. The number of aliphatic hydroxyl groups excluding tert-OH is 1. The Kier molecular flexibility index (Phi) is 3.66. The van der Waals surface area contributed by atoms with Gasteiger partial charge in [-0.2, -0.15) is 0 Å². The van der Waals surface area contributed by atoms with E-state index in [1.54, 1.807) is 6.08 Å². The molecular weight excluding hydrogens is 316 g/mol. The Balaban J connectivity index is 1.72. The van der Waals surface area contributed by atoms with Gasteiger partial charge in [0.15, 0.2) is 11.6 Å². The standard InChI is InChI=1S/C21H30O4/c1-12(22)21(25)9-7-16-15-5-4-13-10-14(23)11-18(24)20(13,3)17(15)6-8-19(16,21)2/h10,15-18,24-25H,4-9,11H2,1-3H3/t15-,16-,17-,18?,19-,20-,21-/m0/s1. The number of hydrogen-bond donors (Lipinski definition) is 2. The Morgan fingerprint density at radius 1 is 1.16 bits per heavy atom. The van der Waals surface area contributed by atoms with Crippen LogP contribution in [0.3, 0.4) is 0 Å². The molecule has 4 nitrogen and oxygen atoms in total. The molecule has 1 unspecified atom stereocenters. The number of carbonyl (C=O) groups excluding carboxylic acids is 2. The Morgan fingerprint density at radius 3 is 2.52 bits per heavy atom. The second-order valence-electron chi connectivity index (χ2n) is 9.47. The molecule has 3 saturated carbocycles. The predicted octanol–water partition coefficient (Wildman–Crippen LogP) is 2.81. The van der Waals surface area contributed by atoms with Crippen molar-refractivity contribution in [2.24, 2.45) is 28.6 Å². The quantitative estimate of drug-likeness (QED) is 0.766. The topological polar surface area (TPSA) is 74.6 Å². The molecule has 3 fully saturated rings. The SMILES string of the molecule is CC(=O)[C@@]1(O)CC[C@H]2[C@@H]3CCC4=CC(=O)CC(O)[C@]4(C)[C@H]3CC[C@@]21C. The first-order valence-corrected chi connectivity index (χ1v) is 9.80. The zero-order chi connectivity index (χ0) is 18.2. The second kappa shape index (κ2) is 5.26. The van der Waals surface area contributed by atoms with Crippen LogP contribution in [0.15, 0.2) is 11.6 Å². The molecular formula is C21H30O4. The smallest absolute Gasteiger partial charge is 0.161 e. The lowest BCUT2D eigenvalue weighted by molar-refractivity contribution is -0.164. The molecule has 138 valence electrons. The van der Waals surface area contributed by atoms with Gasteiger partial charge in [-0.3, -0.25) is 9.59 Å². The van der Waals surface area contributed by atoms with Gasteiger partial charge in [-0.15, -0.1) is 0 Å². The molecule has 4 aliphatic carbocycles. The monoisotopic (exact) mass is 346 g/mol. The highest BCUT2D eigenvalue weighted by atomic mass is 16.3. The second-order valence-corrected chi connectivity index (χ2v) is 9.47. The van der Waals surface area contributed by atoms with E-state index in [2.05, 4.69) is 13.8 Å². The number of aliphatic hydroxyl groups is 2. The molecule has 4 heteroatoms. The van der Waals surface area contributed by atoms with Crippen LogP contribution in [0.25, 0.3) is 0 Å². The van der Waals surface area contributed by atoms with Gasteiger partial charge in [0, 0.05) is 17.3 Å². The summed E-state index contributed by atoms with van der Waals surface area (Å²) in [6, 6.07) is 0. The molecule has 0 saturated heterocycles. The minimum Gasteiger partial charge on any atom is -0.392 e. The van der Waals surface area contributed by atoms with Crippen molar-refractivity contribution in [3.8, 4) is 0 Å². The number of hydrogen-bond acceptors (Lipinski definition) is 4. The molecule has 0 aromatic heterocycles. The van der Waals surface area contributed by atoms with Gasteiger partial charge in [0.25, 0.3) is 0 Å². The average molecular weight is 346 g/mol. The zero-order valence-electron chi connectivity index (χ0n) is 15.5. The average Bonchev–Trinajstić information content (AvgIpc) is 2.82. The van der Waals surface area contributed by atoms with E-state index in [1.165, 1.54) is 6.92 Å². The maximum Gasteiger partial charge on any atom is 0.161 e.